The molecule has 0 amide bonds. The van der Waals surface area contributed by atoms with Crippen molar-refractivity contribution in [1.82, 2.24) is 0 Å². The molecule has 0 fully saturated rings. The Morgan fingerprint density at radius 1 is 1.40 bits per heavy atom. The summed E-state index contributed by atoms with van der Waals surface area (Å²) >= 11 is 0. The maximum atomic E-state index is 12.0. The van der Waals surface area contributed by atoms with Crippen LogP contribution in [0, 0.1) is 11.8 Å². The van der Waals surface area contributed by atoms with Gasteiger partial charge in [-0.25, -0.2) is 9.59 Å². The summed E-state index contributed by atoms with van der Waals surface area (Å²) in [7, 11) is 0. The van der Waals surface area contributed by atoms with E-state index < -0.39 is 23.8 Å². The van der Waals surface area contributed by atoms with Crippen LogP contribution in [-0.4, -0.2) is 36.2 Å². The van der Waals surface area contributed by atoms with Gasteiger partial charge in [-0.15, -0.1) is 0 Å². The van der Waals surface area contributed by atoms with Crippen molar-refractivity contribution in [1.29, 1.82) is 0 Å². The molecule has 0 radical (unpaired) electrons. The third kappa shape index (κ3) is 4.22. The lowest BCUT2D eigenvalue weighted by molar-refractivity contribution is -0.155. The molecule has 6 nitrogen and oxygen atoms in total. The van der Waals surface area contributed by atoms with Crippen molar-refractivity contribution < 1.29 is 29.0 Å². The van der Waals surface area contributed by atoms with Gasteiger partial charge in [0, 0.05) is 11.6 Å². The van der Waals surface area contributed by atoms with Crippen LogP contribution in [0.4, 0.5) is 0 Å². The lowest BCUT2D eigenvalue weighted by Gasteiger charge is -2.26. The number of allylic oxidation sites excluding steroid dienone is 1. The van der Waals surface area contributed by atoms with Crippen LogP contribution in [0.15, 0.2) is 24.3 Å². The summed E-state index contributed by atoms with van der Waals surface area (Å²) in [5.41, 5.74) is 0.0804. The van der Waals surface area contributed by atoms with E-state index in [-0.39, 0.29) is 24.7 Å². The maximum Gasteiger partial charge on any atom is 0.332 e. The zero-order valence-electron chi connectivity index (χ0n) is 11.3. The average Bonchev–Trinajstić information content (AvgIpc) is 2.42. The number of esters is 2. The van der Waals surface area contributed by atoms with E-state index in [0.717, 1.165) is 12.5 Å². The Kier molecular flexibility index (Phi) is 5.96. The number of carbonyl (C=O) groups is 3. The van der Waals surface area contributed by atoms with Gasteiger partial charge in [0.1, 0.15) is 13.2 Å². The van der Waals surface area contributed by atoms with Crippen LogP contribution in [0.1, 0.15) is 19.8 Å². The Labute approximate surface area is 117 Å². The Morgan fingerprint density at radius 3 is 2.65 bits per heavy atom. The van der Waals surface area contributed by atoms with Crippen molar-refractivity contribution in [2.24, 2.45) is 11.8 Å². The first-order chi connectivity index (χ1) is 9.47. The monoisotopic (exact) mass is 282 g/mol. The van der Waals surface area contributed by atoms with Crippen molar-refractivity contribution in [3.63, 3.8) is 0 Å². The van der Waals surface area contributed by atoms with E-state index in [2.05, 4.69) is 11.3 Å². The second kappa shape index (κ2) is 7.47. The standard InChI is InChI=1S/C14H18O6/c1-3-11(15)19-7-8-20-14(18)12-9(2)5-4-6-10(12)13(16)17/h3,6,9,12H,1,4-5,7-8H2,2H3,(H,16,17). The highest BCUT2D eigenvalue weighted by Gasteiger charge is 2.35. The maximum absolute atomic E-state index is 12.0. The summed E-state index contributed by atoms with van der Waals surface area (Å²) < 4.78 is 9.64. The number of carboxylic acid groups (broad SMARTS) is 1. The first-order valence-corrected chi connectivity index (χ1v) is 6.36. The van der Waals surface area contributed by atoms with Gasteiger partial charge in [-0.2, -0.15) is 0 Å². The molecule has 1 rings (SSSR count). The summed E-state index contributed by atoms with van der Waals surface area (Å²) in [6.45, 7) is 4.87. The highest BCUT2D eigenvalue weighted by Crippen LogP contribution is 2.31. The van der Waals surface area contributed by atoms with E-state index in [1.165, 1.54) is 0 Å². The van der Waals surface area contributed by atoms with E-state index in [1.54, 1.807) is 6.08 Å². The molecule has 6 heteroatoms. The highest BCUT2D eigenvalue weighted by molar-refractivity contribution is 5.94. The first-order valence-electron chi connectivity index (χ1n) is 6.36. The van der Waals surface area contributed by atoms with E-state index >= 15 is 0 Å². The lowest BCUT2D eigenvalue weighted by atomic mass is 9.79. The van der Waals surface area contributed by atoms with Gasteiger partial charge in [-0.3, -0.25) is 4.79 Å². The zero-order valence-corrected chi connectivity index (χ0v) is 11.3. The van der Waals surface area contributed by atoms with Crippen molar-refractivity contribution in [2.45, 2.75) is 19.8 Å². The molecule has 0 spiro atoms. The summed E-state index contributed by atoms with van der Waals surface area (Å²) in [4.78, 5) is 33.9. The third-order valence-corrected chi connectivity index (χ3v) is 3.13. The predicted molar refractivity (Wildman–Crippen MR) is 69.7 cm³/mol. The summed E-state index contributed by atoms with van der Waals surface area (Å²) in [5, 5.41) is 9.10. The van der Waals surface area contributed by atoms with E-state index in [9.17, 15) is 14.4 Å². The molecular weight excluding hydrogens is 264 g/mol. The van der Waals surface area contributed by atoms with Crippen molar-refractivity contribution in [3.05, 3.63) is 24.3 Å². The molecule has 20 heavy (non-hydrogen) atoms. The molecule has 0 aromatic rings. The van der Waals surface area contributed by atoms with Crippen LogP contribution in [0.3, 0.4) is 0 Å². The molecule has 1 N–H and O–H groups in total. The number of ether oxygens (including phenoxy) is 2. The van der Waals surface area contributed by atoms with Crippen LogP contribution in [-0.2, 0) is 23.9 Å². The Bertz CT molecular complexity index is 437. The number of hydrogen-bond acceptors (Lipinski definition) is 5. The van der Waals surface area contributed by atoms with Crippen molar-refractivity contribution in [3.8, 4) is 0 Å². The second-order valence-corrected chi connectivity index (χ2v) is 4.54. The molecule has 0 saturated carbocycles. The molecule has 0 bridgehead atoms. The van der Waals surface area contributed by atoms with Crippen LogP contribution in [0.2, 0.25) is 0 Å². The highest BCUT2D eigenvalue weighted by atomic mass is 16.6. The van der Waals surface area contributed by atoms with Gasteiger partial charge in [0.15, 0.2) is 0 Å². The molecule has 0 aromatic heterocycles. The zero-order chi connectivity index (χ0) is 15.1. The fourth-order valence-corrected chi connectivity index (χ4v) is 2.11. The molecule has 0 saturated heterocycles. The average molecular weight is 282 g/mol. The lowest BCUT2D eigenvalue weighted by Crippen LogP contribution is -2.32. The smallest absolute Gasteiger partial charge is 0.332 e. The summed E-state index contributed by atoms with van der Waals surface area (Å²) in [5.74, 6) is -3.15. The predicted octanol–water partition coefficient (Wildman–Crippen LogP) is 1.32. The van der Waals surface area contributed by atoms with Gasteiger partial charge in [0.05, 0.1) is 5.92 Å². The van der Waals surface area contributed by atoms with Crippen LogP contribution in [0.5, 0.6) is 0 Å². The Morgan fingerprint density at radius 2 is 2.05 bits per heavy atom. The normalized spacial score (nSPS) is 21.6. The number of hydrogen-bond donors (Lipinski definition) is 1. The van der Waals surface area contributed by atoms with Gasteiger partial charge >= 0.3 is 17.9 Å². The number of rotatable bonds is 6. The van der Waals surface area contributed by atoms with Gasteiger partial charge < -0.3 is 14.6 Å². The largest absolute Gasteiger partial charge is 0.478 e. The van der Waals surface area contributed by atoms with Crippen molar-refractivity contribution in [2.75, 3.05) is 13.2 Å². The number of aliphatic carboxylic acids is 1. The first kappa shape index (κ1) is 15.9. The number of carboxylic acids is 1. The quantitative estimate of drug-likeness (QED) is 0.449. The minimum atomic E-state index is -1.10. The minimum Gasteiger partial charge on any atom is -0.478 e. The van der Waals surface area contributed by atoms with E-state index in [4.69, 9.17) is 9.84 Å². The van der Waals surface area contributed by atoms with Crippen LogP contribution < -0.4 is 0 Å². The molecule has 110 valence electrons. The molecule has 2 atom stereocenters. The summed E-state index contributed by atoms with van der Waals surface area (Å²) in [6.07, 6.45) is 3.95. The van der Waals surface area contributed by atoms with Crippen LogP contribution >= 0.6 is 0 Å². The van der Waals surface area contributed by atoms with Gasteiger partial charge in [-0.1, -0.05) is 19.6 Å². The van der Waals surface area contributed by atoms with Crippen molar-refractivity contribution >= 4 is 17.9 Å². The van der Waals surface area contributed by atoms with Gasteiger partial charge in [0.25, 0.3) is 0 Å². The molecule has 2 unspecified atom stereocenters. The Hall–Kier alpha value is -2.11. The van der Waals surface area contributed by atoms with E-state index in [1.807, 2.05) is 6.92 Å². The molecule has 1 aliphatic rings. The molecule has 0 aliphatic heterocycles. The van der Waals surface area contributed by atoms with Gasteiger partial charge in [0.2, 0.25) is 0 Å². The second-order valence-electron chi connectivity index (χ2n) is 4.54. The molecular formula is C14H18O6. The fourth-order valence-electron chi connectivity index (χ4n) is 2.11. The fraction of sp³-hybridized carbons (Fsp3) is 0.500. The van der Waals surface area contributed by atoms with Crippen LogP contribution in [0.25, 0.3) is 0 Å². The van der Waals surface area contributed by atoms with Gasteiger partial charge in [-0.05, 0) is 18.8 Å². The topological polar surface area (TPSA) is 89.9 Å². The van der Waals surface area contributed by atoms with E-state index in [0.29, 0.717) is 6.42 Å². The Balaban J connectivity index is 2.54. The molecule has 0 aromatic carbocycles. The SMILES string of the molecule is C=CC(=O)OCCOC(=O)C1C(C(=O)O)=CCCC1C. The minimum absolute atomic E-state index is 0.0796. The third-order valence-electron chi connectivity index (χ3n) is 3.13. The molecule has 1 aliphatic carbocycles. The summed E-state index contributed by atoms with van der Waals surface area (Å²) in [6, 6.07) is 0. The number of carbonyl (C=O) groups excluding carboxylic acids is 2. The molecule has 0 heterocycles.